The van der Waals surface area contributed by atoms with E-state index in [-0.39, 0.29) is 0 Å². The van der Waals surface area contributed by atoms with Crippen molar-refractivity contribution in [2.45, 2.75) is 17.9 Å². The van der Waals surface area contributed by atoms with Gasteiger partial charge < -0.3 is 5.32 Å². The lowest BCUT2D eigenvalue weighted by atomic mass is 10.2. The second kappa shape index (κ2) is 7.31. The van der Waals surface area contributed by atoms with Gasteiger partial charge in [-0.2, -0.15) is 0 Å². The molecule has 0 saturated carbocycles. The number of nitrogens with zero attached hydrogens (tertiary/aromatic N) is 1. The van der Waals surface area contributed by atoms with Gasteiger partial charge >= 0.3 is 0 Å². The molecule has 0 unspecified atom stereocenters. The number of nitrogens with one attached hydrogen (secondary N) is 2. The van der Waals surface area contributed by atoms with Crippen LogP contribution in [0.25, 0.3) is 0 Å². The van der Waals surface area contributed by atoms with E-state index in [1.165, 1.54) is 0 Å². The highest BCUT2D eigenvalue weighted by molar-refractivity contribution is 7.89. The number of aromatic nitrogens is 1. The Hall–Kier alpha value is -1.76. The molecule has 0 saturated heterocycles. The third-order valence-corrected chi connectivity index (χ3v) is 4.59. The van der Waals surface area contributed by atoms with Crippen LogP contribution in [0.3, 0.4) is 0 Å². The van der Waals surface area contributed by atoms with E-state index in [2.05, 4.69) is 15.0 Å². The zero-order valence-corrected chi connectivity index (χ0v) is 12.7. The second-order valence-electron chi connectivity index (χ2n) is 4.61. The van der Waals surface area contributed by atoms with Crippen molar-refractivity contribution in [2.24, 2.45) is 0 Å². The fourth-order valence-corrected chi connectivity index (χ4v) is 3.31. The van der Waals surface area contributed by atoms with Crippen LogP contribution < -0.4 is 10.0 Å². The summed E-state index contributed by atoms with van der Waals surface area (Å²) in [6.07, 6.45) is 2.26. The summed E-state index contributed by atoms with van der Waals surface area (Å²) in [4.78, 5) is 4.49. The topological polar surface area (TPSA) is 71.1 Å². The van der Waals surface area contributed by atoms with Gasteiger partial charge in [0.25, 0.3) is 0 Å². The van der Waals surface area contributed by atoms with E-state index in [0.717, 1.165) is 11.3 Å². The van der Waals surface area contributed by atoms with Crippen molar-refractivity contribution in [3.05, 3.63) is 59.9 Å². The largest absolute Gasteiger partial charge is 0.316 e. The molecule has 21 heavy (non-hydrogen) atoms. The minimum Gasteiger partial charge on any atom is -0.316 e. The van der Waals surface area contributed by atoms with Gasteiger partial charge in [0.05, 0.1) is 4.90 Å². The van der Waals surface area contributed by atoms with E-state index in [4.69, 9.17) is 0 Å². The Labute approximate surface area is 125 Å². The van der Waals surface area contributed by atoms with Crippen LogP contribution in [0.2, 0.25) is 0 Å². The van der Waals surface area contributed by atoms with Crippen LogP contribution in [0.4, 0.5) is 0 Å². The highest BCUT2D eigenvalue weighted by atomic mass is 32.2. The summed E-state index contributed by atoms with van der Waals surface area (Å²) in [5.41, 5.74) is 1.62. The Morgan fingerprint density at radius 3 is 2.57 bits per heavy atom. The molecule has 0 bridgehead atoms. The Kier molecular flexibility index (Phi) is 5.44. The van der Waals surface area contributed by atoms with Crippen molar-refractivity contribution in [3.63, 3.8) is 0 Å². The van der Waals surface area contributed by atoms with Crippen molar-refractivity contribution in [2.75, 3.05) is 13.6 Å². The SMILES string of the molecule is CNCc1ccccc1S(=O)(=O)NCCc1ccccn1. The van der Waals surface area contributed by atoms with Crippen LogP contribution in [0.5, 0.6) is 0 Å². The van der Waals surface area contributed by atoms with Gasteiger partial charge in [-0.25, -0.2) is 13.1 Å². The molecule has 6 heteroatoms. The first-order valence-electron chi connectivity index (χ1n) is 6.75. The van der Waals surface area contributed by atoms with E-state index >= 15 is 0 Å². The average Bonchev–Trinajstić information content (AvgIpc) is 2.49. The number of benzene rings is 1. The Bertz CT molecular complexity index is 672. The maximum atomic E-state index is 12.4. The molecule has 0 atom stereocenters. The van der Waals surface area contributed by atoms with Crippen LogP contribution in [0, 0.1) is 0 Å². The summed E-state index contributed by atoms with van der Waals surface area (Å²) >= 11 is 0. The number of sulfonamides is 1. The molecule has 1 aromatic heterocycles. The molecule has 2 aromatic rings. The number of rotatable bonds is 7. The third-order valence-electron chi connectivity index (χ3n) is 3.03. The normalized spacial score (nSPS) is 11.5. The minimum absolute atomic E-state index is 0.320. The van der Waals surface area contributed by atoms with Gasteiger partial charge in [0, 0.05) is 31.4 Å². The molecular weight excluding hydrogens is 286 g/mol. The molecule has 5 nitrogen and oxygen atoms in total. The Balaban J connectivity index is 2.05. The van der Waals surface area contributed by atoms with E-state index in [1.807, 2.05) is 30.3 Å². The van der Waals surface area contributed by atoms with Crippen molar-refractivity contribution in [1.29, 1.82) is 0 Å². The van der Waals surface area contributed by atoms with E-state index in [1.54, 1.807) is 25.4 Å². The number of hydrogen-bond donors (Lipinski definition) is 2. The molecule has 2 N–H and O–H groups in total. The van der Waals surface area contributed by atoms with Gasteiger partial charge in [0.2, 0.25) is 10.0 Å². The highest BCUT2D eigenvalue weighted by Gasteiger charge is 2.17. The van der Waals surface area contributed by atoms with Gasteiger partial charge in [0.1, 0.15) is 0 Å². The number of pyridine rings is 1. The predicted molar refractivity (Wildman–Crippen MR) is 82.3 cm³/mol. The Morgan fingerprint density at radius 2 is 1.86 bits per heavy atom. The molecular formula is C15H19N3O2S. The lowest BCUT2D eigenvalue weighted by Crippen LogP contribution is -2.27. The first-order valence-corrected chi connectivity index (χ1v) is 8.24. The van der Waals surface area contributed by atoms with Crippen molar-refractivity contribution < 1.29 is 8.42 Å². The zero-order chi connectivity index (χ0) is 15.1. The first kappa shape index (κ1) is 15.6. The van der Waals surface area contributed by atoms with Crippen LogP contribution in [-0.2, 0) is 23.0 Å². The summed E-state index contributed by atoms with van der Waals surface area (Å²) in [6.45, 7) is 0.838. The Morgan fingerprint density at radius 1 is 1.10 bits per heavy atom. The number of hydrogen-bond acceptors (Lipinski definition) is 4. The monoisotopic (exact) mass is 305 g/mol. The summed E-state index contributed by atoms with van der Waals surface area (Å²) in [7, 11) is -1.71. The van der Waals surface area contributed by atoms with E-state index < -0.39 is 10.0 Å². The first-order chi connectivity index (χ1) is 10.1. The van der Waals surface area contributed by atoms with E-state index in [9.17, 15) is 8.42 Å². The summed E-state index contributed by atoms with van der Waals surface area (Å²) in [6, 6.07) is 12.6. The highest BCUT2D eigenvalue weighted by Crippen LogP contribution is 2.14. The van der Waals surface area contributed by atoms with Crippen molar-refractivity contribution >= 4 is 10.0 Å². The summed E-state index contributed by atoms with van der Waals surface area (Å²) in [5, 5.41) is 2.98. The van der Waals surface area contributed by atoms with Gasteiger partial charge in [-0.15, -0.1) is 0 Å². The minimum atomic E-state index is -3.50. The van der Waals surface area contributed by atoms with Gasteiger partial charge in [0.15, 0.2) is 0 Å². The molecule has 0 spiro atoms. The molecule has 1 heterocycles. The molecule has 1 aromatic carbocycles. The van der Waals surface area contributed by atoms with Crippen molar-refractivity contribution in [1.82, 2.24) is 15.0 Å². The summed E-state index contributed by atoms with van der Waals surface area (Å²) < 4.78 is 27.3. The molecule has 0 aliphatic rings. The maximum absolute atomic E-state index is 12.4. The molecule has 112 valence electrons. The molecule has 0 aliphatic heterocycles. The van der Waals surface area contributed by atoms with Gasteiger partial charge in [-0.05, 0) is 30.8 Å². The van der Waals surface area contributed by atoms with Crippen molar-refractivity contribution in [3.8, 4) is 0 Å². The van der Waals surface area contributed by atoms with E-state index in [0.29, 0.717) is 24.4 Å². The zero-order valence-electron chi connectivity index (χ0n) is 11.9. The van der Waals surface area contributed by atoms with Crippen LogP contribution in [0.1, 0.15) is 11.3 Å². The molecule has 0 amide bonds. The average molecular weight is 305 g/mol. The summed E-state index contributed by atoms with van der Waals surface area (Å²) in [5.74, 6) is 0. The second-order valence-corrected chi connectivity index (χ2v) is 6.34. The van der Waals surface area contributed by atoms with Crippen LogP contribution >= 0.6 is 0 Å². The van der Waals surface area contributed by atoms with Crippen LogP contribution in [0.15, 0.2) is 53.6 Å². The van der Waals surface area contributed by atoms with Gasteiger partial charge in [-0.3, -0.25) is 4.98 Å². The molecule has 0 fully saturated rings. The quantitative estimate of drug-likeness (QED) is 0.809. The predicted octanol–water partition coefficient (Wildman–Crippen LogP) is 1.32. The maximum Gasteiger partial charge on any atom is 0.240 e. The molecule has 0 radical (unpaired) electrons. The lowest BCUT2D eigenvalue weighted by molar-refractivity contribution is 0.579. The standard InChI is InChI=1S/C15H19N3O2S/c1-16-12-13-6-2-3-8-15(13)21(19,20)18-11-9-14-7-4-5-10-17-14/h2-8,10,16,18H,9,11-12H2,1H3. The molecule has 0 aliphatic carbocycles. The lowest BCUT2D eigenvalue weighted by Gasteiger charge is -2.11. The van der Waals surface area contributed by atoms with Gasteiger partial charge in [-0.1, -0.05) is 24.3 Å². The third kappa shape index (κ3) is 4.35. The fraction of sp³-hybridized carbons (Fsp3) is 0.267. The van der Waals surface area contributed by atoms with Crippen LogP contribution in [-0.4, -0.2) is 27.0 Å². The fourth-order valence-electron chi connectivity index (χ4n) is 2.04. The molecule has 2 rings (SSSR count). The smallest absolute Gasteiger partial charge is 0.240 e.